The molecule has 0 bridgehead atoms. The quantitative estimate of drug-likeness (QED) is 0.262. The van der Waals surface area contributed by atoms with Crippen LogP contribution in [0.25, 0.3) is 0 Å². The van der Waals surface area contributed by atoms with Crippen LogP contribution in [0.1, 0.15) is 39.0 Å². The zero-order chi connectivity index (χ0) is 16.2. The van der Waals surface area contributed by atoms with Crippen LogP contribution in [-0.2, 0) is 9.53 Å². The first-order chi connectivity index (χ1) is 10.7. The Kier molecular flexibility index (Phi) is 13.5. The summed E-state index contributed by atoms with van der Waals surface area (Å²) in [6.45, 7) is 6.41. The van der Waals surface area contributed by atoms with Crippen molar-refractivity contribution in [3.63, 3.8) is 0 Å². The summed E-state index contributed by atoms with van der Waals surface area (Å²) in [5.74, 6) is 1.58. The Morgan fingerprint density at radius 3 is 2.57 bits per heavy atom. The fourth-order valence-corrected chi connectivity index (χ4v) is 2.63. The van der Waals surface area contributed by atoms with Crippen molar-refractivity contribution >= 4 is 35.8 Å². The Morgan fingerprint density at radius 2 is 2.00 bits per heavy atom. The van der Waals surface area contributed by atoms with Gasteiger partial charge < -0.3 is 20.3 Å². The van der Waals surface area contributed by atoms with E-state index in [0.717, 1.165) is 51.5 Å². The fraction of sp³-hybridized carbons (Fsp3) is 0.875. The molecule has 0 aliphatic carbocycles. The minimum atomic E-state index is 0. The van der Waals surface area contributed by atoms with E-state index in [2.05, 4.69) is 27.4 Å². The zero-order valence-electron chi connectivity index (χ0n) is 14.8. The van der Waals surface area contributed by atoms with Gasteiger partial charge in [-0.2, -0.15) is 0 Å². The lowest BCUT2D eigenvalue weighted by Crippen LogP contribution is -2.46. The van der Waals surface area contributed by atoms with Crippen molar-refractivity contribution < 1.29 is 9.53 Å². The van der Waals surface area contributed by atoms with Gasteiger partial charge in [-0.3, -0.25) is 9.79 Å². The fourth-order valence-electron chi connectivity index (χ4n) is 2.63. The molecule has 1 rings (SSSR count). The predicted molar refractivity (Wildman–Crippen MR) is 105 cm³/mol. The van der Waals surface area contributed by atoms with E-state index >= 15 is 0 Å². The number of rotatable bonds is 8. The topological polar surface area (TPSA) is 66.0 Å². The first kappa shape index (κ1) is 22.4. The van der Waals surface area contributed by atoms with E-state index in [1.165, 1.54) is 6.42 Å². The highest BCUT2D eigenvalue weighted by atomic mass is 127. The molecule has 1 fully saturated rings. The molecule has 136 valence electrons. The second-order valence-electron chi connectivity index (χ2n) is 5.75. The first-order valence-corrected chi connectivity index (χ1v) is 8.45. The Balaban J connectivity index is 0.00000484. The van der Waals surface area contributed by atoms with Crippen molar-refractivity contribution in [1.29, 1.82) is 0 Å². The van der Waals surface area contributed by atoms with Gasteiger partial charge in [0.2, 0.25) is 5.91 Å². The number of ether oxygens (including phenoxy) is 1. The van der Waals surface area contributed by atoms with E-state index in [9.17, 15) is 4.79 Å². The number of carbonyl (C=O) groups is 1. The monoisotopic (exact) mass is 440 g/mol. The van der Waals surface area contributed by atoms with Crippen molar-refractivity contribution in [3.05, 3.63) is 0 Å². The summed E-state index contributed by atoms with van der Waals surface area (Å²) in [5, 5.41) is 6.06. The SMILES string of the molecule is CCCCOCCNC(=NC)N1CCC(CC(=O)NC)CC1.I. The van der Waals surface area contributed by atoms with Crippen LogP contribution in [0.3, 0.4) is 0 Å². The van der Waals surface area contributed by atoms with E-state index in [1.807, 2.05) is 7.05 Å². The summed E-state index contributed by atoms with van der Waals surface area (Å²) in [4.78, 5) is 18.0. The van der Waals surface area contributed by atoms with Crippen LogP contribution in [0.2, 0.25) is 0 Å². The third kappa shape index (κ3) is 9.34. The van der Waals surface area contributed by atoms with Crippen molar-refractivity contribution in [2.75, 3.05) is 46.9 Å². The predicted octanol–water partition coefficient (Wildman–Crippen LogP) is 1.84. The van der Waals surface area contributed by atoms with Crippen LogP contribution < -0.4 is 10.6 Å². The molecule has 7 heteroatoms. The van der Waals surface area contributed by atoms with Crippen LogP contribution in [0.5, 0.6) is 0 Å². The van der Waals surface area contributed by atoms with Gasteiger partial charge in [-0.1, -0.05) is 13.3 Å². The summed E-state index contributed by atoms with van der Waals surface area (Å²) in [6, 6.07) is 0. The number of piperidine rings is 1. The molecule has 0 aromatic heterocycles. The maximum atomic E-state index is 11.4. The minimum Gasteiger partial charge on any atom is -0.380 e. The van der Waals surface area contributed by atoms with Gasteiger partial charge in [-0.25, -0.2) is 0 Å². The number of likely N-dealkylation sites (tertiary alicyclic amines) is 1. The van der Waals surface area contributed by atoms with E-state index in [1.54, 1.807) is 7.05 Å². The first-order valence-electron chi connectivity index (χ1n) is 8.45. The molecule has 0 aromatic carbocycles. The summed E-state index contributed by atoms with van der Waals surface area (Å²) in [7, 11) is 3.52. The molecule has 0 saturated carbocycles. The van der Waals surface area contributed by atoms with E-state index in [4.69, 9.17) is 4.74 Å². The molecule has 0 aromatic rings. The molecule has 0 atom stereocenters. The van der Waals surface area contributed by atoms with Crippen LogP contribution in [0.15, 0.2) is 4.99 Å². The minimum absolute atomic E-state index is 0. The second-order valence-corrected chi connectivity index (χ2v) is 5.75. The smallest absolute Gasteiger partial charge is 0.220 e. The molecule has 23 heavy (non-hydrogen) atoms. The average molecular weight is 440 g/mol. The van der Waals surface area contributed by atoms with Gasteiger partial charge in [0, 0.05) is 46.8 Å². The highest BCUT2D eigenvalue weighted by molar-refractivity contribution is 14.0. The molecular formula is C16H33IN4O2. The average Bonchev–Trinajstić information content (AvgIpc) is 2.55. The summed E-state index contributed by atoms with van der Waals surface area (Å²) >= 11 is 0. The Bertz CT molecular complexity index is 345. The highest BCUT2D eigenvalue weighted by Gasteiger charge is 2.22. The van der Waals surface area contributed by atoms with E-state index in [-0.39, 0.29) is 29.9 Å². The van der Waals surface area contributed by atoms with E-state index < -0.39 is 0 Å². The van der Waals surface area contributed by atoms with E-state index in [0.29, 0.717) is 18.9 Å². The van der Waals surface area contributed by atoms with Gasteiger partial charge in [0.15, 0.2) is 5.96 Å². The number of nitrogens with zero attached hydrogens (tertiary/aromatic N) is 2. The molecular weight excluding hydrogens is 407 g/mol. The number of unbranched alkanes of at least 4 members (excludes halogenated alkanes) is 1. The van der Waals surface area contributed by atoms with Crippen molar-refractivity contribution in [2.24, 2.45) is 10.9 Å². The van der Waals surface area contributed by atoms with Gasteiger partial charge in [-0.15, -0.1) is 24.0 Å². The number of guanidine groups is 1. The third-order valence-corrected chi connectivity index (χ3v) is 4.05. The van der Waals surface area contributed by atoms with Crippen LogP contribution in [0.4, 0.5) is 0 Å². The Morgan fingerprint density at radius 1 is 1.30 bits per heavy atom. The Hall–Kier alpha value is -0.570. The number of nitrogens with one attached hydrogen (secondary N) is 2. The summed E-state index contributed by atoms with van der Waals surface area (Å²) < 4.78 is 5.55. The van der Waals surface area contributed by atoms with Gasteiger partial charge >= 0.3 is 0 Å². The lowest BCUT2D eigenvalue weighted by molar-refractivity contribution is -0.121. The number of hydrogen-bond donors (Lipinski definition) is 2. The second kappa shape index (κ2) is 13.8. The number of hydrogen-bond acceptors (Lipinski definition) is 3. The molecule has 2 N–H and O–H groups in total. The number of amides is 1. The molecule has 0 radical (unpaired) electrons. The largest absolute Gasteiger partial charge is 0.380 e. The molecule has 0 unspecified atom stereocenters. The van der Waals surface area contributed by atoms with Crippen LogP contribution >= 0.6 is 24.0 Å². The molecule has 1 heterocycles. The number of carbonyl (C=O) groups excluding carboxylic acids is 1. The normalized spacial score (nSPS) is 16.0. The lowest BCUT2D eigenvalue weighted by Gasteiger charge is -2.34. The summed E-state index contributed by atoms with van der Waals surface area (Å²) in [6.07, 6.45) is 5.01. The maximum absolute atomic E-state index is 11.4. The van der Waals surface area contributed by atoms with Gasteiger partial charge in [0.25, 0.3) is 0 Å². The molecule has 1 saturated heterocycles. The molecule has 1 aliphatic heterocycles. The molecule has 6 nitrogen and oxygen atoms in total. The molecule has 0 spiro atoms. The standard InChI is InChI=1S/C16H32N4O2.HI/c1-4-5-11-22-12-8-19-16(18-3)20-9-6-14(7-10-20)13-15(21)17-2;/h14H,4-13H2,1-3H3,(H,17,21)(H,18,19);1H. The van der Waals surface area contributed by atoms with Crippen molar-refractivity contribution in [3.8, 4) is 0 Å². The third-order valence-electron chi connectivity index (χ3n) is 4.05. The number of aliphatic imine (C=N–C) groups is 1. The molecule has 1 aliphatic rings. The summed E-state index contributed by atoms with van der Waals surface area (Å²) in [5.41, 5.74) is 0. The molecule has 1 amide bonds. The number of halogens is 1. The van der Waals surface area contributed by atoms with Crippen LogP contribution in [0, 0.1) is 5.92 Å². The van der Waals surface area contributed by atoms with Gasteiger partial charge in [0.05, 0.1) is 6.61 Å². The van der Waals surface area contributed by atoms with Gasteiger partial charge in [-0.05, 0) is 25.2 Å². The highest BCUT2D eigenvalue weighted by Crippen LogP contribution is 2.20. The lowest BCUT2D eigenvalue weighted by atomic mass is 9.93. The van der Waals surface area contributed by atoms with Crippen LogP contribution in [-0.4, -0.2) is 63.7 Å². The van der Waals surface area contributed by atoms with Crippen molar-refractivity contribution in [1.82, 2.24) is 15.5 Å². The zero-order valence-corrected chi connectivity index (χ0v) is 17.1. The van der Waals surface area contributed by atoms with Gasteiger partial charge in [0.1, 0.15) is 0 Å². The Labute approximate surface area is 157 Å². The maximum Gasteiger partial charge on any atom is 0.220 e. The van der Waals surface area contributed by atoms with Crippen molar-refractivity contribution in [2.45, 2.75) is 39.0 Å².